The Morgan fingerprint density at radius 2 is 1.74 bits per heavy atom. The lowest BCUT2D eigenvalue weighted by atomic mass is 9.75. The lowest BCUT2D eigenvalue weighted by Gasteiger charge is -2.43. The molecule has 2 amide bonds. The SMILES string of the molecule is COc1ccc(C2CCCCC2)c2c1cc1n2CC2=C(C(=O)NS(=O)(=O)c3cccc4cccnc34)C2=C2C=CC[C@@H](C(=O)N3C4CCC3CN(C)C4)C21. The number of likely N-dealkylation sites (tertiary alicyclic amines) is 1. The Labute approximate surface area is 315 Å². The maximum Gasteiger partial charge on any atom is 0.266 e. The molecule has 10 nitrogen and oxygen atoms in total. The zero-order chi connectivity index (χ0) is 36.9. The average molecular weight is 744 g/mol. The van der Waals surface area contributed by atoms with Crippen LogP contribution >= 0.6 is 0 Å². The predicted octanol–water partition coefficient (Wildman–Crippen LogP) is 6.34. The molecule has 2 bridgehead atoms. The summed E-state index contributed by atoms with van der Waals surface area (Å²) in [5.41, 5.74) is 6.70. The smallest absolute Gasteiger partial charge is 0.266 e. The number of hydrogen-bond acceptors (Lipinski definition) is 7. The van der Waals surface area contributed by atoms with E-state index < -0.39 is 15.9 Å². The zero-order valence-electron chi connectivity index (χ0n) is 30.8. The van der Waals surface area contributed by atoms with Crippen molar-refractivity contribution in [1.82, 2.24) is 24.1 Å². The fourth-order valence-corrected chi connectivity index (χ4v) is 11.8. The number of fused-ring (bicyclic) bond motifs is 9. The van der Waals surface area contributed by atoms with Crippen LogP contribution in [0.15, 0.2) is 94.1 Å². The van der Waals surface area contributed by atoms with Crippen molar-refractivity contribution in [3.05, 3.63) is 100 Å². The number of carbonyl (C=O) groups is 2. The van der Waals surface area contributed by atoms with Crippen molar-refractivity contribution < 1.29 is 22.7 Å². The summed E-state index contributed by atoms with van der Waals surface area (Å²) in [6, 6.07) is 15.4. The van der Waals surface area contributed by atoms with Crippen LogP contribution in [-0.4, -0.2) is 78.9 Å². The van der Waals surface area contributed by atoms with Crippen LogP contribution in [0, 0.1) is 5.92 Å². The van der Waals surface area contributed by atoms with Gasteiger partial charge in [0.25, 0.3) is 15.9 Å². The number of amides is 2. The number of aromatic nitrogens is 2. The maximum atomic E-state index is 15.0. The van der Waals surface area contributed by atoms with Crippen LogP contribution in [0.2, 0.25) is 0 Å². The lowest BCUT2D eigenvalue weighted by Crippen LogP contribution is -2.56. The van der Waals surface area contributed by atoms with E-state index in [1.165, 1.54) is 30.9 Å². The Hall–Kier alpha value is -4.74. The molecule has 54 heavy (non-hydrogen) atoms. The number of piperazine rings is 1. The van der Waals surface area contributed by atoms with Crippen molar-refractivity contribution in [2.75, 3.05) is 27.2 Å². The van der Waals surface area contributed by atoms with Crippen LogP contribution in [0.1, 0.15) is 74.5 Å². The molecule has 10 rings (SSSR count). The van der Waals surface area contributed by atoms with E-state index in [1.807, 2.05) is 0 Å². The molecule has 3 unspecified atom stereocenters. The van der Waals surface area contributed by atoms with E-state index in [2.05, 4.69) is 61.5 Å². The summed E-state index contributed by atoms with van der Waals surface area (Å²) in [6.45, 7) is 2.17. The number of likely N-dealkylation sites (N-methyl/N-ethyl adjacent to an activating group) is 1. The number of para-hydroxylation sites is 1. The Morgan fingerprint density at radius 1 is 0.963 bits per heavy atom. The van der Waals surface area contributed by atoms with Gasteiger partial charge in [-0.2, -0.15) is 0 Å². The highest BCUT2D eigenvalue weighted by atomic mass is 32.2. The molecule has 4 aromatic rings. The molecule has 3 fully saturated rings. The summed E-state index contributed by atoms with van der Waals surface area (Å²) in [5.74, 6) is 0.0604. The first-order chi connectivity index (χ1) is 26.2. The predicted molar refractivity (Wildman–Crippen MR) is 207 cm³/mol. The van der Waals surface area contributed by atoms with E-state index in [9.17, 15) is 18.0 Å². The second-order valence-corrected chi connectivity index (χ2v) is 17.8. The third-order valence-corrected chi connectivity index (χ3v) is 14.4. The molecule has 6 aliphatic rings. The minimum atomic E-state index is -4.26. The quantitative estimate of drug-likeness (QED) is 0.246. The number of nitrogens with one attached hydrogen (secondary N) is 1. The average Bonchev–Trinajstić information content (AvgIpc) is 3.72. The highest BCUT2D eigenvalue weighted by molar-refractivity contribution is 7.90. The van der Waals surface area contributed by atoms with Crippen LogP contribution in [0.4, 0.5) is 0 Å². The molecular weight excluding hydrogens is 699 g/mol. The Balaban J connectivity index is 1.11. The first-order valence-electron chi connectivity index (χ1n) is 19.5. The van der Waals surface area contributed by atoms with E-state index >= 15 is 0 Å². The van der Waals surface area contributed by atoms with Gasteiger partial charge < -0.3 is 19.1 Å². The van der Waals surface area contributed by atoms with Gasteiger partial charge in [-0.15, -0.1) is 0 Å². The molecule has 2 aromatic carbocycles. The highest BCUT2D eigenvalue weighted by Crippen LogP contribution is 2.56. The first kappa shape index (κ1) is 33.8. The number of allylic oxidation sites excluding steroid dienone is 4. The first-order valence-corrected chi connectivity index (χ1v) is 21.0. The van der Waals surface area contributed by atoms with E-state index in [0.717, 1.165) is 77.8 Å². The summed E-state index contributed by atoms with van der Waals surface area (Å²) in [4.78, 5) is 38.1. The van der Waals surface area contributed by atoms with Gasteiger partial charge in [0.2, 0.25) is 5.91 Å². The van der Waals surface area contributed by atoms with Gasteiger partial charge in [0.05, 0.1) is 29.6 Å². The van der Waals surface area contributed by atoms with Crippen LogP contribution in [0.25, 0.3) is 21.8 Å². The van der Waals surface area contributed by atoms with Crippen molar-refractivity contribution in [2.45, 2.75) is 86.7 Å². The number of hydrogen-bond donors (Lipinski definition) is 1. The number of methoxy groups -OCH3 is 1. The molecule has 3 aliphatic heterocycles. The molecule has 1 N–H and O–H groups in total. The van der Waals surface area contributed by atoms with Crippen LogP contribution in [0.3, 0.4) is 0 Å². The van der Waals surface area contributed by atoms with Gasteiger partial charge in [-0.05, 0) is 91.6 Å². The zero-order valence-corrected chi connectivity index (χ0v) is 31.6. The van der Waals surface area contributed by atoms with Gasteiger partial charge in [-0.3, -0.25) is 14.6 Å². The van der Waals surface area contributed by atoms with Crippen molar-refractivity contribution in [3.63, 3.8) is 0 Å². The van der Waals surface area contributed by atoms with Crippen molar-refractivity contribution >= 4 is 43.6 Å². The number of nitrogens with zero attached hydrogens (tertiary/aromatic N) is 4. The normalized spacial score (nSPS) is 25.4. The highest BCUT2D eigenvalue weighted by Gasteiger charge is 2.51. The van der Waals surface area contributed by atoms with E-state index in [-0.39, 0.29) is 34.7 Å². The standard InChI is InChI=1S/C43H45N5O5S/c1-46-22-27-16-17-28(23-46)48(27)43(50)31-14-7-13-30-37(31)34-21-32-35(53-2)19-18-29(25-9-4-3-5-10-25)41(32)47(34)24-33-38(30)39(33)42(49)45-54(51,52)36-15-6-11-26-12-8-20-44-40(26)36/h6-8,11-13,15,18-21,25,27-28,31,37H,3-5,9-10,14,16-17,22-24H2,1-2H3,(H,45,49)/t27?,28?,31-,37?/m1/s1. The van der Waals surface area contributed by atoms with Gasteiger partial charge in [-0.1, -0.05) is 55.7 Å². The summed E-state index contributed by atoms with van der Waals surface area (Å²) >= 11 is 0. The van der Waals surface area contributed by atoms with Crippen LogP contribution in [-0.2, 0) is 26.2 Å². The fourth-order valence-electron chi connectivity index (χ4n) is 10.7. The van der Waals surface area contributed by atoms with Crippen molar-refractivity contribution in [1.29, 1.82) is 0 Å². The van der Waals surface area contributed by atoms with E-state index in [1.54, 1.807) is 37.6 Å². The summed E-state index contributed by atoms with van der Waals surface area (Å²) in [6.07, 6.45) is 14.2. The number of benzene rings is 2. The molecule has 4 atom stereocenters. The Bertz CT molecular complexity index is 2450. The monoisotopic (exact) mass is 743 g/mol. The summed E-state index contributed by atoms with van der Waals surface area (Å²) in [7, 11) is -0.411. The molecule has 0 spiro atoms. The van der Waals surface area contributed by atoms with Gasteiger partial charge in [-0.25, -0.2) is 13.1 Å². The topological polar surface area (TPSA) is 114 Å². The minimum Gasteiger partial charge on any atom is -0.496 e. The van der Waals surface area contributed by atoms with Crippen LogP contribution in [0.5, 0.6) is 5.75 Å². The van der Waals surface area contributed by atoms with Gasteiger partial charge in [0, 0.05) is 60.3 Å². The Morgan fingerprint density at radius 3 is 2.52 bits per heavy atom. The fraction of sp³-hybridized carbons (Fsp3) is 0.419. The van der Waals surface area contributed by atoms with Crippen LogP contribution < -0.4 is 9.46 Å². The molecule has 278 valence electrons. The largest absolute Gasteiger partial charge is 0.496 e. The summed E-state index contributed by atoms with van der Waals surface area (Å²) in [5, 5.41) is 1.70. The van der Waals surface area contributed by atoms with Gasteiger partial charge in [0.1, 0.15) is 10.6 Å². The molecule has 3 aliphatic carbocycles. The molecule has 11 heteroatoms. The van der Waals surface area contributed by atoms with E-state index in [0.29, 0.717) is 35.4 Å². The Kier molecular flexibility index (Phi) is 7.93. The minimum absolute atomic E-state index is 0.0381. The van der Waals surface area contributed by atoms with Gasteiger partial charge >= 0.3 is 0 Å². The molecule has 0 radical (unpaired) electrons. The molecular formula is C43H45N5O5S. The molecule has 1 saturated carbocycles. The maximum absolute atomic E-state index is 15.0. The van der Waals surface area contributed by atoms with Crippen molar-refractivity contribution in [2.24, 2.45) is 5.92 Å². The number of rotatable bonds is 6. The third kappa shape index (κ3) is 5.21. The number of carbonyl (C=O) groups excluding carboxylic acids is 2. The third-order valence-electron chi connectivity index (χ3n) is 13.1. The van der Waals surface area contributed by atoms with E-state index in [4.69, 9.17) is 4.74 Å². The lowest BCUT2D eigenvalue weighted by molar-refractivity contribution is -0.141. The second kappa shape index (κ2) is 12.7. The van der Waals surface area contributed by atoms with Gasteiger partial charge in [0.15, 0.2) is 0 Å². The van der Waals surface area contributed by atoms with Crippen molar-refractivity contribution in [3.8, 4) is 5.75 Å². The molecule has 2 saturated heterocycles. The second-order valence-electron chi connectivity index (χ2n) is 16.1. The molecule has 5 heterocycles. The summed E-state index contributed by atoms with van der Waals surface area (Å²) < 4.78 is 38.5. The number of pyridine rings is 1. The number of ether oxygens (including phenoxy) is 1. The molecule has 2 aromatic heterocycles. The number of sulfonamides is 1.